The van der Waals surface area contributed by atoms with Gasteiger partial charge in [0.25, 0.3) is 5.91 Å². The topological polar surface area (TPSA) is 48.1 Å². The predicted molar refractivity (Wildman–Crippen MR) is 87.0 cm³/mol. The van der Waals surface area contributed by atoms with Crippen LogP contribution in [0, 0.1) is 5.82 Å². The number of anilines is 2. The van der Waals surface area contributed by atoms with Crippen molar-refractivity contribution in [2.75, 3.05) is 24.3 Å². The smallest absolute Gasteiger partial charge is 0.257 e. The summed E-state index contributed by atoms with van der Waals surface area (Å²) in [4.78, 5) is 17.3. The Morgan fingerprint density at radius 2 is 1.86 bits per heavy atom. The molecule has 0 radical (unpaired) electrons. The highest BCUT2D eigenvalue weighted by Gasteiger charge is 2.12. The molecule has 0 aliphatic carbocycles. The summed E-state index contributed by atoms with van der Waals surface area (Å²) < 4.78 is 13.2. The van der Waals surface area contributed by atoms with E-state index in [1.54, 1.807) is 12.3 Å². The Balaban J connectivity index is 1.84. The zero-order valence-corrected chi connectivity index (χ0v) is 12.4. The Bertz CT molecular complexity index is 822. The fourth-order valence-corrected chi connectivity index (χ4v) is 2.33. The van der Waals surface area contributed by atoms with E-state index in [0.717, 1.165) is 5.69 Å². The molecule has 0 bridgehead atoms. The van der Waals surface area contributed by atoms with Crippen molar-refractivity contribution in [2.24, 2.45) is 0 Å². The highest BCUT2D eigenvalue weighted by molar-refractivity contribution is 6.12. The van der Waals surface area contributed by atoms with Crippen LogP contribution in [-0.4, -0.2) is 25.0 Å². The Hall–Kier alpha value is -2.82. The number of aromatic nitrogens is 1. The molecule has 0 aliphatic heterocycles. The van der Waals surface area contributed by atoms with Crippen molar-refractivity contribution >= 4 is 28.2 Å². The molecule has 0 spiro atoms. The van der Waals surface area contributed by atoms with Crippen molar-refractivity contribution in [3.05, 3.63) is 60.0 Å². The molecule has 1 aromatic heterocycles. The van der Waals surface area contributed by atoms with Crippen molar-refractivity contribution < 1.29 is 9.18 Å². The number of hydrogen-bond acceptors (Lipinski definition) is 2. The van der Waals surface area contributed by atoms with E-state index in [1.165, 1.54) is 12.1 Å². The highest BCUT2D eigenvalue weighted by Crippen LogP contribution is 2.21. The number of nitrogens with one attached hydrogen (secondary N) is 2. The van der Waals surface area contributed by atoms with Gasteiger partial charge in [-0.25, -0.2) is 4.39 Å². The van der Waals surface area contributed by atoms with Gasteiger partial charge in [0.2, 0.25) is 0 Å². The first kappa shape index (κ1) is 14.1. The van der Waals surface area contributed by atoms with Gasteiger partial charge in [0, 0.05) is 42.6 Å². The maximum atomic E-state index is 13.2. The van der Waals surface area contributed by atoms with Gasteiger partial charge in [-0.05, 0) is 42.5 Å². The van der Waals surface area contributed by atoms with Gasteiger partial charge < -0.3 is 15.2 Å². The third-order valence-electron chi connectivity index (χ3n) is 3.53. The standard InChI is InChI=1S/C17H16FN3O/c1-21(2)13-6-4-12(5-7-13)20-17(22)15-10-19-16-9-11(18)3-8-14(15)16/h3-10,19H,1-2H3,(H,20,22). The lowest BCUT2D eigenvalue weighted by molar-refractivity contribution is 0.102. The first-order valence-corrected chi connectivity index (χ1v) is 6.90. The van der Waals surface area contributed by atoms with Crippen LogP contribution in [0.15, 0.2) is 48.7 Å². The maximum absolute atomic E-state index is 13.2. The number of halogens is 1. The van der Waals surface area contributed by atoms with Crippen molar-refractivity contribution in [2.45, 2.75) is 0 Å². The van der Waals surface area contributed by atoms with Crippen LogP contribution in [0.5, 0.6) is 0 Å². The maximum Gasteiger partial charge on any atom is 0.257 e. The Morgan fingerprint density at radius 3 is 2.55 bits per heavy atom. The molecule has 4 nitrogen and oxygen atoms in total. The van der Waals surface area contributed by atoms with Crippen LogP contribution in [0.2, 0.25) is 0 Å². The molecule has 2 aromatic carbocycles. The third-order valence-corrected chi connectivity index (χ3v) is 3.53. The zero-order chi connectivity index (χ0) is 15.7. The summed E-state index contributed by atoms with van der Waals surface area (Å²) in [6.07, 6.45) is 1.59. The van der Waals surface area contributed by atoms with Gasteiger partial charge in [0.15, 0.2) is 0 Å². The molecule has 5 heteroatoms. The summed E-state index contributed by atoms with van der Waals surface area (Å²) in [5.41, 5.74) is 2.87. The van der Waals surface area contributed by atoms with Crippen LogP contribution >= 0.6 is 0 Å². The second kappa shape index (κ2) is 5.52. The molecule has 0 saturated heterocycles. The lowest BCUT2D eigenvalue weighted by Crippen LogP contribution is -2.12. The number of rotatable bonds is 3. The fraction of sp³-hybridized carbons (Fsp3) is 0.118. The second-order valence-electron chi connectivity index (χ2n) is 5.29. The molecule has 3 aromatic rings. The van der Waals surface area contributed by atoms with E-state index in [0.29, 0.717) is 22.2 Å². The lowest BCUT2D eigenvalue weighted by Gasteiger charge is -2.13. The van der Waals surface area contributed by atoms with Gasteiger partial charge in [-0.1, -0.05) is 0 Å². The van der Waals surface area contributed by atoms with E-state index in [1.807, 2.05) is 43.3 Å². The van der Waals surface area contributed by atoms with Gasteiger partial charge in [-0.2, -0.15) is 0 Å². The largest absolute Gasteiger partial charge is 0.378 e. The summed E-state index contributed by atoms with van der Waals surface area (Å²) in [6.45, 7) is 0. The molecule has 0 atom stereocenters. The monoisotopic (exact) mass is 297 g/mol. The van der Waals surface area contributed by atoms with Gasteiger partial charge >= 0.3 is 0 Å². The Kier molecular flexibility index (Phi) is 3.55. The molecule has 0 fully saturated rings. The predicted octanol–water partition coefficient (Wildman–Crippen LogP) is 3.63. The number of H-pyrrole nitrogens is 1. The number of aromatic amines is 1. The first-order valence-electron chi connectivity index (χ1n) is 6.90. The Morgan fingerprint density at radius 1 is 1.14 bits per heavy atom. The number of fused-ring (bicyclic) bond motifs is 1. The molecule has 1 heterocycles. The number of nitrogens with zero attached hydrogens (tertiary/aromatic N) is 1. The second-order valence-corrected chi connectivity index (χ2v) is 5.29. The van der Waals surface area contributed by atoms with Crippen molar-refractivity contribution in [3.63, 3.8) is 0 Å². The van der Waals surface area contributed by atoms with E-state index in [-0.39, 0.29) is 11.7 Å². The minimum Gasteiger partial charge on any atom is -0.378 e. The number of hydrogen-bond donors (Lipinski definition) is 2. The van der Waals surface area contributed by atoms with E-state index in [9.17, 15) is 9.18 Å². The van der Waals surface area contributed by atoms with Crippen molar-refractivity contribution in [1.82, 2.24) is 4.98 Å². The Labute approximate surface area is 127 Å². The highest BCUT2D eigenvalue weighted by atomic mass is 19.1. The van der Waals surface area contributed by atoms with Crippen LogP contribution in [0.4, 0.5) is 15.8 Å². The van der Waals surface area contributed by atoms with Crippen molar-refractivity contribution in [1.29, 1.82) is 0 Å². The molecule has 0 saturated carbocycles. The molecule has 0 unspecified atom stereocenters. The molecule has 112 valence electrons. The molecule has 22 heavy (non-hydrogen) atoms. The quantitative estimate of drug-likeness (QED) is 0.775. The number of carbonyl (C=O) groups excluding carboxylic acids is 1. The minimum atomic E-state index is -0.333. The molecular formula is C17H16FN3O. The molecular weight excluding hydrogens is 281 g/mol. The zero-order valence-electron chi connectivity index (χ0n) is 12.4. The molecule has 2 N–H and O–H groups in total. The van der Waals surface area contributed by atoms with Crippen LogP contribution in [0.3, 0.4) is 0 Å². The summed E-state index contributed by atoms with van der Waals surface area (Å²) in [6, 6.07) is 11.9. The fourth-order valence-electron chi connectivity index (χ4n) is 2.33. The van der Waals surface area contributed by atoms with Gasteiger partial charge in [-0.15, -0.1) is 0 Å². The SMILES string of the molecule is CN(C)c1ccc(NC(=O)c2c[nH]c3cc(F)ccc23)cc1. The first-order chi connectivity index (χ1) is 10.5. The average molecular weight is 297 g/mol. The number of amides is 1. The van der Waals surface area contributed by atoms with E-state index in [4.69, 9.17) is 0 Å². The normalized spacial score (nSPS) is 10.7. The molecule has 3 rings (SSSR count). The average Bonchev–Trinajstić information content (AvgIpc) is 2.90. The summed E-state index contributed by atoms with van der Waals surface area (Å²) >= 11 is 0. The van der Waals surface area contributed by atoms with Crippen LogP contribution < -0.4 is 10.2 Å². The van der Waals surface area contributed by atoms with E-state index in [2.05, 4.69) is 10.3 Å². The summed E-state index contributed by atoms with van der Waals surface area (Å²) in [5.74, 6) is -0.559. The van der Waals surface area contributed by atoms with Gasteiger partial charge in [0.1, 0.15) is 5.82 Å². The number of carbonyl (C=O) groups is 1. The van der Waals surface area contributed by atoms with E-state index < -0.39 is 0 Å². The minimum absolute atomic E-state index is 0.226. The van der Waals surface area contributed by atoms with Crippen molar-refractivity contribution in [3.8, 4) is 0 Å². The van der Waals surface area contributed by atoms with Crippen LogP contribution in [0.25, 0.3) is 10.9 Å². The molecule has 1 amide bonds. The van der Waals surface area contributed by atoms with Crippen LogP contribution in [-0.2, 0) is 0 Å². The van der Waals surface area contributed by atoms with Gasteiger partial charge in [-0.3, -0.25) is 4.79 Å². The molecule has 0 aliphatic rings. The van der Waals surface area contributed by atoms with E-state index >= 15 is 0 Å². The lowest BCUT2D eigenvalue weighted by atomic mass is 10.1. The summed E-state index contributed by atoms with van der Waals surface area (Å²) in [7, 11) is 3.91. The van der Waals surface area contributed by atoms with Gasteiger partial charge in [0.05, 0.1) is 5.56 Å². The van der Waals surface area contributed by atoms with Crippen LogP contribution in [0.1, 0.15) is 10.4 Å². The number of benzene rings is 2. The third kappa shape index (κ3) is 2.65. The summed E-state index contributed by atoms with van der Waals surface area (Å²) in [5, 5.41) is 3.54.